The van der Waals surface area contributed by atoms with Crippen molar-refractivity contribution in [2.75, 3.05) is 25.4 Å². The van der Waals surface area contributed by atoms with E-state index in [0.29, 0.717) is 31.0 Å². The van der Waals surface area contributed by atoms with E-state index in [-0.39, 0.29) is 22.3 Å². The van der Waals surface area contributed by atoms with Crippen LogP contribution in [-0.4, -0.2) is 51.0 Å². The van der Waals surface area contributed by atoms with Gasteiger partial charge in [-0.1, -0.05) is 24.3 Å². The van der Waals surface area contributed by atoms with Crippen LogP contribution in [0.3, 0.4) is 0 Å². The molecule has 1 aromatic heterocycles. The molecule has 0 aliphatic heterocycles. The largest absolute Gasteiger partial charge is 0.390 e. The highest BCUT2D eigenvalue weighted by atomic mass is 32.2. The number of nitrogens with zero attached hydrogens (tertiary/aromatic N) is 1. The average molecular weight is 414 g/mol. The van der Waals surface area contributed by atoms with Crippen LogP contribution in [-0.2, 0) is 16.3 Å². The van der Waals surface area contributed by atoms with E-state index in [1.807, 2.05) is 6.92 Å². The zero-order chi connectivity index (χ0) is 19.7. The van der Waals surface area contributed by atoms with Crippen LogP contribution in [0, 0.1) is 5.82 Å². The van der Waals surface area contributed by atoms with E-state index in [9.17, 15) is 17.9 Å². The normalized spacial score (nSPS) is 13.4. The van der Waals surface area contributed by atoms with Crippen LogP contribution in [0.2, 0.25) is 0 Å². The van der Waals surface area contributed by atoms with Gasteiger partial charge in [-0.3, -0.25) is 4.99 Å². The van der Waals surface area contributed by atoms with Gasteiger partial charge in [0.15, 0.2) is 15.8 Å². The van der Waals surface area contributed by atoms with E-state index in [4.69, 9.17) is 0 Å². The Labute approximate surface area is 163 Å². The summed E-state index contributed by atoms with van der Waals surface area (Å²) in [4.78, 5) is 4.22. The van der Waals surface area contributed by atoms with E-state index in [2.05, 4.69) is 15.6 Å². The maximum absolute atomic E-state index is 13.6. The molecule has 27 heavy (non-hydrogen) atoms. The van der Waals surface area contributed by atoms with Crippen molar-refractivity contribution in [1.29, 1.82) is 0 Å². The van der Waals surface area contributed by atoms with Gasteiger partial charge in [0.1, 0.15) is 10.0 Å². The molecule has 0 saturated heterocycles. The molecule has 0 radical (unpaired) electrons. The van der Waals surface area contributed by atoms with Gasteiger partial charge in [-0.2, -0.15) is 0 Å². The number of hydrogen-bond acceptors (Lipinski definition) is 5. The minimum atomic E-state index is -3.52. The van der Waals surface area contributed by atoms with Crippen molar-refractivity contribution in [3.63, 3.8) is 0 Å². The van der Waals surface area contributed by atoms with Gasteiger partial charge in [-0.25, -0.2) is 12.8 Å². The summed E-state index contributed by atoms with van der Waals surface area (Å²) < 4.78 is 38.2. The highest BCUT2D eigenvalue weighted by Gasteiger charge is 2.20. The van der Waals surface area contributed by atoms with E-state index in [1.165, 1.54) is 12.1 Å². The number of benzene rings is 1. The standard InChI is InChI=1S/C18H24FN3O3S2/c1-2-20-18(21-10-9-14-6-3-4-7-16(14)19)22-12-15(23)13-27(24,25)17-8-5-11-26-17/h3-8,11,15,23H,2,9-10,12-13H2,1H3,(H2,20,21,22). The maximum atomic E-state index is 13.6. The number of halogens is 1. The summed E-state index contributed by atoms with van der Waals surface area (Å²) in [5, 5.41) is 17.8. The molecule has 1 atom stereocenters. The molecule has 0 bridgehead atoms. The highest BCUT2D eigenvalue weighted by molar-refractivity contribution is 7.93. The molecule has 0 aliphatic carbocycles. The Kier molecular flexibility index (Phi) is 8.21. The fourth-order valence-corrected chi connectivity index (χ4v) is 4.85. The molecule has 2 aromatic rings. The summed E-state index contributed by atoms with van der Waals surface area (Å²) in [5.74, 6) is -0.192. The summed E-state index contributed by atoms with van der Waals surface area (Å²) in [7, 11) is -3.52. The Bertz CT molecular complexity index is 839. The third-order valence-corrected chi connectivity index (χ3v) is 6.95. The van der Waals surface area contributed by atoms with Crippen molar-refractivity contribution in [3.8, 4) is 0 Å². The van der Waals surface area contributed by atoms with E-state index < -0.39 is 15.9 Å². The number of nitrogens with one attached hydrogen (secondary N) is 2. The third-order valence-electron chi connectivity index (χ3n) is 3.66. The molecular weight excluding hydrogens is 389 g/mol. The second-order valence-corrected chi connectivity index (χ2v) is 9.06. The van der Waals surface area contributed by atoms with Gasteiger partial charge >= 0.3 is 0 Å². The van der Waals surface area contributed by atoms with Crippen LogP contribution in [0.1, 0.15) is 12.5 Å². The number of guanidine groups is 1. The van der Waals surface area contributed by atoms with Crippen LogP contribution >= 0.6 is 11.3 Å². The predicted molar refractivity (Wildman–Crippen MR) is 106 cm³/mol. The Morgan fingerprint density at radius 2 is 2.04 bits per heavy atom. The number of aliphatic imine (C=N–C) groups is 1. The summed E-state index contributed by atoms with van der Waals surface area (Å²) in [5.41, 5.74) is 0.600. The van der Waals surface area contributed by atoms with Crippen LogP contribution < -0.4 is 10.6 Å². The Morgan fingerprint density at radius 3 is 2.70 bits per heavy atom. The second kappa shape index (κ2) is 10.4. The molecule has 0 aliphatic rings. The van der Waals surface area contributed by atoms with E-state index >= 15 is 0 Å². The van der Waals surface area contributed by atoms with Crippen LogP contribution in [0.4, 0.5) is 4.39 Å². The van der Waals surface area contributed by atoms with Crippen molar-refractivity contribution in [2.24, 2.45) is 4.99 Å². The highest BCUT2D eigenvalue weighted by Crippen LogP contribution is 2.18. The lowest BCUT2D eigenvalue weighted by molar-refractivity contribution is 0.206. The minimum absolute atomic E-state index is 0.0559. The third kappa shape index (κ3) is 6.93. The summed E-state index contributed by atoms with van der Waals surface area (Å²) in [6.45, 7) is 2.90. The van der Waals surface area contributed by atoms with E-state index in [0.717, 1.165) is 11.3 Å². The molecule has 0 amide bonds. The molecule has 9 heteroatoms. The van der Waals surface area contributed by atoms with Gasteiger partial charge < -0.3 is 15.7 Å². The maximum Gasteiger partial charge on any atom is 0.191 e. The van der Waals surface area contributed by atoms with Crippen molar-refractivity contribution in [1.82, 2.24) is 10.6 Å². The number of thiophene rings is 1. The number of sulfone groups is 1. The molecule has 0 spiro atoms. The summed E-state index contributed by atoms with van der Waals surface area (Å²) >= 11 is 1.12. The topological polar surface area (TPSA) is 90.8 Å². The fourth-order valence-electron chi connectivity index (χ4n) is 2.38. The first-order valence-electron chi connectivity index (χ1n) is 8.62. The summed E-state index contributed by atoms with van der Waals surface area (Å²) in [6, 6.07) is 9.74. The molecular formula is C18H24FN3O3S2. The Hall–Kier alpha value is -1.97. The van der Waals surface area contributed by atoms with Gasteiger partial charge in [0.25, 0.3) is 0 Å². The minimum Gasteiger partial charge on any atom is -0.390 e. The molecule has 1 aromatic carbocycles. The number of hydrogen-bond donors (Lipinski definition) is 3. The molecule has 148 valence electrons. The lowest BCUT2D eigenvalue weighted by Gasteiger charge is -2.13. The molecule has 6 nitrogen and oxygen atoms in total. The van der Waals surface area contributed by atoms with E-state index in [1.54, 1.807) is 29.6 Å². The first kappa shape index (κ1) is 21.3. The number of aliphatic hydroxyl groups is 1. The first-order chi connectivity index (χ1) is 12.9. The molecule has 2 rings (SSSR count). The van der Waals surface area contributed by atoms with Gasteiger partial charge in [0, 0.05) is 13.1 Å². The van der Waals surface area contributed by atoms with Crippen LogP contribution in [0.5, 0.6) is 0 Å². The molecule has 1 unspecified atom stereocenters. The Balaban J connectivity index is 1.87. The van der Waals surface area contributed by atoms with Gasteiger partial charge in [0.05, 0.1) is 18.4 Å². The Morgan fingerprint density at radius 1 is 1.26 bits per heavy atom. The van der Waals surface area contributed by atoms with Gasteiger partial charge in [-0.15, -0.1) is 11.3 Å². The van der Waals surface area contributed by atoms with Gasteiger partial charge in [-0.05, 0) is 36.4 Å². The van der Waals surface area contributed by atoms with Gasteiger partial charge in [0.2, 0.25) is 0 Å². The SMILES string of the molecule is CCNC(=NCC(O)CS(=O)(=O)c1cccs1)NCCc1ccccc1F. The lowest BCUT2D eigenvalue weighted by atomic mass is 10.1. The number of aliphatic hydroxyl groups excluding tert-OH is 1. The molecule has 0 fully saturated rings. The van der Waals surface area contributed by atoms with Crippen molar-refractivity contribution < 1.29 is 17.9 Å². The molecule has 1 heterocycles. The lowest BCUT2D eigenvalue weighted by Crippen LogP contribution is -2.39. The summed E-state index contributed by atoms with van der Waals surface area (Å²) in [6.07, 6.45) is -0.633. The quantitative estimate of drug-likeness (QED) is 0.431. The van der Waals surface area contributed by atoms with Crippen molar-refractivity contribution in [3.05, 3.63) is 53.2 Å². The average Bonchev–Trinajstić information content (AvgIpc) is 3.16. The monoisotopic (exact) mass is 413 g/mol. The predicted octanol–water partition coefficient (Wildman–Crippen LogP) is 1.82. The van der Waals surface area contributed by atoms with Crippen LogP contribution in [0.25, 0.3) is 0 Å². The van der Waals surface area contributed by atoms with Crippen LogP contribution in [0.15, 0.2) is 51.0 Å². The second-order valence-electron chi connectivity index (χ2n) is 5.86. The molecule has 0 saturated carbocycles. The number of rotatable bonds is 9. The zero-order valence-electron chi connectivity index (χ0n) is 15.1. The smallest absolute Gasteiger partial charge is 0.191 e. The zero-order valence-corrected chi connectivity index (χ0v) is 16.7. The fraction of sp³-hybridized carbons (Fsp3) is 0.389. The van der Waals surface area contributed by atoms with Crippen molar-refractivity contribution >= 4 is 27.1 Å². The first-order valence-corrected chi connectivity index (χ1v) is 11.2. The molecule has 3 N–H and O–H groups in total. The van der Waals surface area contributed by atoms with Crippen molar-refractivity contribution in [2.45, 2.75) is 23.7 Å².